The van der Waals surface area contributed by atoms with Crippen molar-refractivity contribution in [3.8, 4) is 0 Å². The number of nitrogens with zero attached hydrogens (tertiary/aromatic N) is 3. The van der Waals surface area contributed by atoms with Crippen LogP contribution in [0.15, 0.2) is 0 Å². The first-order chi connectivity index (χ1) is 8.88. The minimum absolute atomic E-state index is 0.229. The minimum atomic E-state index is -0.408. The Morgan fingerprint density at radius 3 is 2.68 bits per heavy atom. The van der Waals surface area contributed by atoms with Crippen molar-refractivity contribution in [2.24, 2.45) is 5.92 Å². The molecule has 0 radical (unpaired) electrons. The lowest BCUT2D eigenvalue weighted by molar-refractivity contribution is 0.167. The summed E-state index contributed by atoms with van der Waals surface area (Å²) >= 11 is 1.40. The lowest BCUT2D eigenvalue weighted by Crippen LogP contribution is -2.33. The van der Waals surface area contributed by atoms with E-state index in [0.717, 1.165) is 11.4 Å². The molecule has 0 saturated carbocycles. The highest BCUT2D eigenvalue weighted by Crippen LogP contribution is 2.18. The van der Waals surface area contributed by atoms with E-state index in [1.165, 1.54) is 16.2 Å². The molecule has 0 aliphatic carbocycles. The maximum absolute atomic E-state index is 11.8. The Bertz CT molecular complexity index is 406. The third kappa shape index (κ3) is 5.98. The van der Waals surface area contributed by atoms with Gasteiger partial charge < -0.3 is 10.0 Å². The Morgan fingerprint density at radius 2 is 2.11 bits per heavy atom. The molecule has 19 heavy (non-hydrogen) atoms. The second-order valence-corrected chi connectivity index (χ2v) is 6.15. The van der Waals surface area contributed by atoms with Crippen molar-refractivity contribution in [1.29, 1.82) is 0 Å². The molecule has 0 aliphatic heterocycles. The molecule has 6 nitrogen and oxygen atoms in total. The van der Waals surface area contributed by atoms with Crippen molar-refractivity contribution >= 4 is 22.5 Å². The highest BCUT2D eigenvalue weighted by molar-refractivity contribution is 7.15. The van der Waals surface area contributed by atoms with E-state index in [1.807, 2.05) is 0 Å². The molecular formula is C12H22N4O2S. The van der Waals surface area contributed by atoms with Crippen molar-refractivity contribution in [1.82, 2.24) is 15.1 Å². The number of urea groups is 1. The Hall–Kier alpha value is -1.21. The fourth-order valence-electron chi connectivity index (χ4n) is 1.40. The lowest BCUT2D eigenvalue weighted by atomic mass is 10.1. The molecule has 0 spiro atoms. The fraction of sp³-hybridized carbons (Fsp3) is 0.750. The molecule has 0 aliphatic rings. The van der Waals surface area contributed by atoms with Crippen LogP contribution in [-0.4, -0.2) is 45.9 Å². The van der Waals surface area contributed by atoms with Crippen molar-refractivity contribution in [3.05, 3.63) is 5.01 Å². The van der Waals surface area contributed by atoms with Crippen LogP contribution in [-0.2, 0) is 6.42 Å². The lowest BCUT2D eigenvalue weighted by Gasteiger charge is -2.17. The molecule has 1 atom stereocenters. The molecular weight excluding hydrogens is 264 g/mol. The number of aliphatic hydroxyl groups is 1. The largest absolute Gasteiger partial charge is 0.393 e. The van der Waals surface area contributed by atoms with E-state index in [2.05, 4.69) is 29.4 Å². The number of anilines is 1. The summed E-state index contributed by atoms with van der Waals surface area (Å²) < 4.78 is 0. The van der Waals surface area contributed by atoms with Gasteiger partial charge in [-0.2, -0.15) is 0 Å². The van der Waals surface area contributed by atoms with Gasteiger partial charge in [-0.05, 0) is 19.3 Å². The number of aliphatic hydroxyl groups excluding tert-OH is 1. The zero-order valence-electron chi connectivity index (χ0n) is 11.9. The molecule has 0 bridgehead atoms. The number of carbonyl (C=O) groups is 1. The van der Waals surface area contributed by atoms with Gasteiger partial charge in [-0.15, -0.1) is 10.2 Å². The number of hydrogen-bond donors (Lipinski definition) is 2. The summed E-state index contributed by atoms with van der Waals surface area (Å²) in [5.41, 5.74) is 0. The molecule has 1 aromatic heterocycles. The van der Waals surface area contributed by atoms with Crippen LogP contribution < -0.4 is 5.32 Å². The van der Waals surface area contributed by atoms with E-state index >= 15 is 0 Å². The van der Waals surface area contributed by atoms with Crippen LogP contribution in [0, 0.1) is 5.92 Å². The number of amides is 2. The van der Waals surface area contributed by atoms with E-state index < -0.39 is 6.10 Å². The Balaban J connectivity index is 2.45. The molecule has 1 unspecified atom stereocenters. The van der Waals surface area contributed by atoms with Crippen LogP contribution in [0.4, 0.5) is 9.93 Å². The normalized spacial score (nSPS) is 12.5. The highest BCUT2D eigenvalue weighted by Gasteiger charge is 2.13. The first kappa shape index (κ1) is 15.8. The molecule has 0 saturated heterocycles. The summed E-state index contributed by atoms with van der Waals surface area (Å²) in [6.45, 7) is 6.43. The van der Waals surface area contributed by atoms with Crippen LogP contribution in [0.5, 0.6) is 0 Å². The van der Waals surface area contributed by atoms with Gasteiger partial charge in [-0.1, -0.05) is 25.2 Å². The topological polar surface area (TPSA) is 78.4 Å². The van der Waals surface area contributed by atoms with Gasteiger partial charge in [0.05, 0.1) is 6.10 Å². The summed E-state index contributed by atoms with van der Waals surface area (Å²) in [6, 6.07) is -0.229. The van der Waals surface area contributed by atoms with Crippen molar-refractivity contribution in [3.63, 3.8) is 0 Å². The van der Waals surface area contributed by atoms with Crippen LogP contribution in [0.3, 0.4) is 0 Å². The number of carbonyl (C=O) groups excluding carboxylic acids is 1. The van der Waals surface area contributed by atoms with E-state index in [4.69, 9.17) is 0 Å². The molecule has 1 rings (SSSR count). The fourth-order valence-corrected chi connectivity index (χ4v) is 2.35. The van der Waals surface area contributed by atoms with Crippen molar-refractivity contribution in [2.75, 3.05) is 18.9 Å². The maximum atomic E-state index is 11.8. The summed E-state index contributed by atoms with van der Waals surface area (Å²) in [4.78, 5) is 13.4. The molecule has 1 aromatic rings. The quantitative estimate of drug-likeness (QED) is 0.838. The van der Waals surface area contributed by atoms with Crippen molar-refractivity contribution in [2.45, 2.75) is 39.7 Å². The average molecular weight is 286 g/mol. The van der Waals surface area contributed by atoms with E-state index in [9.17, 15) is 9.90 Å². The summed E-state index contributed by atoms with van der Waals surface area (Å²) in [5, 5.41) is 21.3. The Morgan fingerprint density at radius 1 is 1.42 bits per heavy atom. The van der Waals surface area contributed by atoms with Gasteiger partial charge in [0.2, 0.25) is 5.13 Å². The predicted octanol–water partition coefficient (Wildman–Crippen LogP) is 1.97. The van der Waals surface area contributed by atoms with Crippen LogP contribution in [0.25, 0.3) is 0 Å². The number of aromatic nitrogens is 2. The summed E-state index contributed by atoms with van der Waals surface area (Å²) in [6.07, 6.45) is 1.01. The minimum Gasteiger partial charge on any atom is -0.393 e. The van der Waals surface area contributed by atoms with E-state index in [0.29, 0.717) is 24.0 Å². The third-order valence-electron chi connectivity index (χ3n) is 2.49. The molecule has 0 aromatic carbocycles. The maximum Gasteiger partial charge on any atom is 0.323 e. The van der Waals surface area contributed by atoms with Crippen LogP contribution >= 0.6 is 11.3 Å². The zero-order chi connectivity index (χ0) is 14.4. The molecule has 2 amide bonds. The monoisotopic (exact) mass is 286 g/mol. The number of hydrogen-bond acceptors (Lipinski definition) is 5. The van der Waals surface area contributed by atoms with E-state index in [1.54, 1.807) is 14.0 Å². The van der Waals surface area contributed by atoms with Gasteiger partial charge in [0.1, 0.15) is 5.01 Å². The van der Waals surface area contributed by atoms with Gasteiger partial charge >= 0.3 is 6.03 Å². The third-order valence-corrected chi connectivity index (χ3v) is 3.35. The number of nitrogens with one attached hydrogen (secondary N) is 1. The van der Waals surface area contributed by atoms with Crippen LogP contribution in [0.2, 0.25) is 0 Å². The standard InChI is InChI=1S/C12H22N4O2S/c1-8(2)7-10-14-15-11(19-10)13-12(18)16(4)6-5-9(3)17/h8-9,17H,5-7H2,1-4H3,(H,13,15,18). The summed E-state index contributed by atoms with van der Waals surface area (Å²) in [7, 11) is 1.69. The van der Waals surface area contributed by atoms with Crippen molar-refractivity contribution < 1.29 is 9.90 Å². The highest BCUT2D eigenvalue weighted by atomic mass is 32.1. The zero-order valence-corrected chi connectivity index (χ0v) is 12.7. The second-order valence-electron chi connectivity index (χ2n) is 5.09. The molecule has 2 N–H and O–H groups in total. The molecule has 0 fully saturated rings. The smallest absolute Gasteiger partial charge is 0.323 e. The van der Waals surface area contributed by atoms with Crippen LogP contribution in [0.1, 0.15) is 32.2 Å². The number of rotatable bonds is 6. The van der Waals surface area contributed by atoms with Gasteiger partial charge in [0.25, 0.3) is 0 Å². The summed E-state index contributed by atoms with van der Waals surface area (Å²) in [5.74, 6) is 0.519. The average Bonchev–Trinajstić information content (AvgIpc) is 2.72. The van der Waals surface area contributed by atoms with Gasteiger partial charge in [0, 0.05) is 20.0 Å². The SMILES string of the molecule is CC(C)Cc1nnc(NC(=O)N(C)CCC(C)O)s1. The van der Waals surface area contributed by atoms with Gasteiger partial charge in [0.15, 0.2) is 0 Å². The first-order valence-electron chi connectivity index (χ1n) is 6.41. The second kappa shape index (κ2) is 7.40. The molecule has 108 valence electrons. The first-order valence-corrected chi connectivity index (χ1v) is 7.22. The molecule has 7 heteroatoms. The van der Waals surface area contributed by atoms with Gasteiger partial charge in [-0.25, -0.2) is 4.79 Å². The van der Waals surface area contributed by atoms with Gasteiger partial charge in [-0.3, -0.25) is 5.32 Å². The Kier molecular flexibility index (Phi) is 6.17. The molecule has 1 heterocycles. The Labute approximate surface area is 117 Å². The predicted molar refractivity (Wildman–Crippen MR) is 76.4 cm³/mol. The van der Waals surface area contributed by atoms with E-state index in [-0.39, 0.29) is 6.03 Å².